The van der Waals surface area contributed by atoms with Gasteiger partial charge in [-0.1, -0.05) is 38.1 Å². The molecule has 47 heavy (non-hydrogen) atoms. The Morgan fingerprint density at radius 2 is 1.77 bits per heavy atom. The smallest absolute Gasteiger partial charge is 0.242 e. The standard InChI is InChI=1S/C37H44N4O6/c1-21(2)17-31(37(44)38-16-15-24-20-39-28-10-8-7-9-25(24)28)41-30-14-12-26-27(19-32(30)43)29(40-22(3)42)13-11-23-18-33(45-4)35(46-5)36(47-6)34(23)26/h7-10,12,14,18-21,29,31,39H,11,13,15-17H2,1-6H3,(H,38,44)(H,40,42)(H,41,43)/t29-,31-/m0/s1. The molecule has 1 aliphatic carbocycles. The van der Waals surface area contributed by atoms with Crippen LogP contribution >= 0.6 is 0 Å². The Bertz CT molecular complexity index is 1830. The Kier molecular flexibility index (Phi) is 10.4. The van der Waals surface area contributed by atoms with Crippen molar-refractivity contribution in [2.75, 3.05) is 33.2 Å². The minimum Gasteiger partial charge on any atom is -0.493 e. The number of hydrogen-bond acceptors (Lipinski definition) is 7. The van der Waals surface area contributed by atoms with Crippen molar-refractivity contribution in [2.45, 2.75) is 58.5 Å². The van der Waals surface area contributed by atoms with Crippen molar-refractivity contribution in [2.24, 2.45) is 5.92 Å². The lowest BCUT2D eigenvalue weighted by Crippen LogP contribution is -2.42. The minimum absolute atomic E-state index is 0.175. The Morgan fingerprint density at radius 3 is 2.47 bits per heavy atom. The molecule has 0 saturated heterocycles. The van der Waals surface area contributed by atoms with Crippen LogP contribution in [0.5, 0.6) is 17.2 Å². The first-order valence-corrected chi connectivity index (χ1v) is 16.0. The second-order valence-corrected chi connectivity index (χ2v) is 12.3. The maximum Gasteiger partial charge on any atom is 0.242 e. The number of benzene rings is 2. The Balaban J connectivity index is 1.49. The molecule has 0 saturated carbocycles. The van der Waals surface area contributed by atoms with E-state index in [1.165, 1.54) is 6.92 Å². The van der Waals surface area contributed by atoms with E-state index in [0.717, 1.165) is 33.2 Å². The number of anilines is 1. The molecule has 0 unspecified atom stereocenters. The molecule has 0 spiro atoms. The number of para-hydroxylation sites is 1. The van der Waals surface area contributed by atoms with E-state index in [0.29, 0.717) is 55.0 Å². The molecule has 2 amide bonds. The average molecular weight is 641 g/mol. The number of methoxy groups -OCH3 is 3. The van der Waals surface area contributed by atoms with Crippen molar-refractivity contribution in [3.05, 3.63) is 81.6 Å². The van der Waals surface area contributed by atoms with Crippen LogP contribution < -0.4 is 35.6 Å². The van der Waals surface area contributed by atoms with Gasteiger partial charge >= 0.3 is 0 Å². The number of carbonyl (C=O) groups excluding carboxylic acids is 2. The zero-order valence-electron chi connectivity index (χ0n) is 27.9. The Morgan fingerprint density at radius 1 is 1.00 bits per heavy atom. The van der Waals surface area contributed by atoms with Crippen molar-refractivity contribution in [3.8, 4) is 28.4 Å². The predicted octanol–water partition coefficient (Wildman–Crippen LogP) is 5.53. The third kappa shape index (κ3) is 7.21. The summed E-state index contributed by atoms with van der Waals surface area (Å²) in [4.78, 5) is 43.0. The third-order valence-electron chi connectivity index (χ3n) is 8.64. The zero-order chi connectivity index (χ0) is 33.7. The van der Waals surface area contributed by atoms with Crippen molar-refractivity contribution in [1.82, 2.24) is 15.6 Å². The molecule has 3 aromatic carbocycles. The molecular weight excluding hydrogens is 596 g/mol. The number of aryl methyl sites for hydroxylation is 1. The topological polar surface area (TPSA) is 131 Å². The molecule has 0 radical (unpaired) electrons. The summed E-state index contributed by atoms with van der Waals surface area (Å²) in [5.74, 6) is 1.26. The van der Waals surface area contributed by atoms with Crippen LogP contribution in [-0.2, 0) is 22.4 Å². The highest BCUT2D eigenvalue weighted by atomic mass is 16.5. The van der Waals surface area contributed by atoms with Crippen LogP contribution in [0, 0.1) is 5.92 Å². The third-order valence-corrected chi connectivity index (χ3v) is 8.64. The number of H-pyrrole nitrogens is 1. The van der Waals surface area contributed by atoms with Gasteiger partial charge in [-0.15, -0.1) is 0 Å². The lowest BCUT2D eigenvalue weighted by atomic mass is 9.95. The number of rotatable bonds is 12. The molecule has 4 aromatic rings. The van der Waals surface area contributed by atoms with E-state index >= 15 is 0 Å². The minimum atomic E-state index is -0.634. The number of carbonyl (C=O) groups is 2. The molecular formula is C37H44N4O6. The molecule has 2 atom stereocenters. The number of aromatic amines is 1. The summed E-state index contributed by atoms with van der Waals surface area (Å²) in [5, 5.41) is 10.5. The largest absolute Gasteiger partial charge is 0.493 e. The summed E-state index contributed by atoms with van der Waals surface area (Å²) in [5.41, 5.74) is 5.28. The maximum atomic E-state index is 13.9. The van der Waals surface area contributed by atoms with Gasteiger partial charge in [0.2, 0.25) is 23.0 Å². The first-order valence-electron chi connectivity index (χ1n) is 16.0. The van der Waals surface area contributed by atoms with E-state index in [1.807, 2.05) is 50.4 Å². The van der Waals surface area contributed by atoms with Crippen molar-refractivity contribution < 1.29 is 23.8 Å². The number of hydrogen-bond donors (Lipinski definition) is 4. The van der Waals surface area contributed by atoms with Crippen LogP contribution in [0.4, 0.5) is 5.69 Å². The van der Waals surface area contributed by atoms with Gasteiger partial charge in [-0.05, 0) is 78.1 Å². The van der Waals surface area contributed by atoms with E-state index in [9.17, 15) is 14.4 Å². The van der Waals surface area contributed by atoms with Gasteiger partial charge < -0.3 is 35.1 Å². The zero-order valence-corrected chi connectivity index (χ0v) is 27.9. The summed E-state index contributed by atoms with van der Waals surface area (Å²) in [6.45, 7) is 6.01. The fourth-order valence-corrected chi connectivity index (χ4v) is 6.50. The number of ether oxygens (including phenoxy) is 3. The average Bonchev–Trinajstić information content (AvgIpc) is 3.32. The first-order chi connectivity index (χ1) is 22.6. The summed E-state index contributed by atoms with van der Waals surface area (Å²) in [6.07, 6.45) is 4.33. The van der Waals surface area contributed by atoms with Gasteiger partial charge in [0.1, 0.15) is 6.04 Å². The molecule has 1 heterocycles. The van der Waals surface area contributed by atoms with Crippen LogP contribution in [0.15, 0.2) is 59.5 Å². The SMILES string of the molecule is COc1cc2c(c(OC)c1OC)-c1ccc(N[C@@H](CC(C)C)C(=O)NCCc3c[nH]c4ccccc34)c(=O)cc1[C@@H](NC(C)=O)CC2. The van der Waals surface area contributed by atoms with Crippen molar-refractivity contribution in [1.29, 1.82) is 0 Å². The monoisotopic (exact) mass is 640 g/mol. The quantitative estimate of drug-likeness (QED) is 0.160. The molecule has 1 aliphatic rings. The molecule has 0 fully saturated rings. The molecule has 10 heteroatoms. The maximum absolute atomic E-state index is 13.9. The van der Waals surface area contributed by atoms with Crippen molar-refractivity contribution in [3.63, 3.8) is 0 Å². The molecule has 10 nitrogen and oxygen atoms in total. The highest BCUT2D eigenvalue weighted by Gasteiger charge is 2.30. The number of nitrogens with one attached hydrogen (secondary N) is 4. The molecule has 1 aromatic heterocycles. The number of amides is 2. The van der Waals surface area contributed by atoms with Gasteiger partial charge in [0, 0.05) is 36.1 Å². The fraction of sp³-hybridized carbons (Fsp3) is 0.378. The summed E-state index contributed by atoms with van der Waals surface area (Å²) in [7, 11) is 4.69. The lowest BCUT2D eigenvalue weighted by molar-refractivity contribution is -0.122. The van der Waals surface area contributed by atoms with Crippen LogP contribution in [0.3, 0.4) is 0 Å². The predicted molar refractivity (Wildman–Crippen MR) is 185 cm³/mol. The molecule has 248 valence electrons. The first kappa shape index (κ1) is 33.4. The normalized spacial score (nSPS) is 14.4. The fourth-order valence-electron chi connectivity index (χ4n) is 6.50. The van der Waals surface area contributed by atoms with E-state index in [-0.39, 0.29) is 28.8 Å². The van der Waals surface area contributed by atoms with E-state index in [1.54, 1.807) is 33.5 Å². The summed E-state index contributed by atoms with van der Waals surface area (Å²) < 4.78 is 17.2. The van der Waals surface area contributed by atoms with Crippen LogP contribution in [0.25, 0.3) is 22.0 Å². The van der Waals surface area contributed by atoms with Gasteiger partial charge in [-0.25, -0.2) is 0 Å². The Hall–Kier alpha value is -4.99. The highest BCUT2D eigenvalue weighted by Crippen LogP contribution is 2.50. The van der Waals surface area contributed by atoms with E-state index < -0.39 is 12.1 Å². The van der Waals surface area contributed by atoms with E-state index in [2.05, 4.69) is 27.0 Å². The summed E-state index contributed by atoms with van der Waals surface area (Å²) in [6, 6.07) is 14.1. The van der Waals surface area contributed by atoms with Gasteiger partial charge in [0.05, 0.1) is 33.1 Å². The van der Waals surface area contributed by atoms with Gasteiger partial charge in [-0.2, -0.15) is 0 Å². The van der Waals surface area contributed by atoms with Crippen LogP contribution in [0.2, 0.25) is 0 Å². The number of aromatic nitrogens is 1. The molecule has 4 N–H and O–H groups in total. The molecule has 0 bridgehead atoms. The lowest BCUT2D eigenvalue weighted by Gasteiger charge is -2.20. The summed E-state index contributed by atoms with van der Waals surface area (Å²) >= 11 is 0. The second kappa shape index (κ2) is 14.6. The van der Waals surface area contributed by atoms with Crippen molar-refractivity contribution >= 4 is 28.4 Å². The Labute approximate surface area is 275 Å². The van der Waals surface area contributed by atoms with Gasteiger partial charge in [0.15, 0.2) is 11.5 Å². The molecule has 5 rings (SSSR count). The highest BCUT2D eigenvalue weighted by molar-refractivity contribution is 5.86. The second-order valence-electron chi connectivity index (χ2n) is 12.3. The molecule has 0 aliphatic heterocycles. The van der Waals surface area contributed by atoms with Crippen LogP contribution in [0.1, 0.15) is 56.3 Å². The van der Waals surface area contributed by atoms with Crippen LogP contribution in [-0.4, -0.2) is 50.7 Å². The van der Waals surface area contributed by atoms with Gasteiger partial charge in [0.25, 0.3) is 0 Å². The van der Waals surface area contributed by atoms with E-state index in [4.69, 9.17) is 14.2 Å². The van der Waals surface area contributed by atoms with Gasteiger partial charge in [-0.3, -0.25) is 14.4 Å². The number of fused-ring (bicyclic) bond motifs is 4.